The highest BCUT2D eigenvalue weighted by Crippen LogP contribution is 2.42. The number of anilines is 2. The van der Waals surface area contributed by atoms with E-state index >= 15 is 0 Å². The van der Waals surface area contributed by atoms with E-state index in [0.717, 1.165) is 19.6 Å². The Balaban J connectivity index is 1.46. The van der Waals surface area contributed by atoms with Gasteiger partial charge in [-0.05, 0) is 25.8 Å². The Kier molecular flexibility index (Phi) is 14.3. The van der Waals surface area contributed by atoms with Gasteiger partial charge in [0, 0.05) is 112 Å². The largest absolute Gasteiger partial charge is 0.507 e. The zero-order valence-corrected chi connectivity index (χ0v) is 40.6. The normalized spacial score (nSPS) is 28.7. The van der Waals surface area contributed by atoms with Crippen LogP contribution in [0.5, 0.6) is 11.5 Å². The Morgan fingerprint density at radius 2 is 1.65 bits per heavy atom. The molecule has 3 aliphatic heterocycles. The number of hydrogen-bond acceptors (Lipinski definition) is 16. The molecule has 17 heteroatoms. The Hall–Kier alpha value is -6.01. The van der Waals surface area contributed by atoms with E-state index < -0.39 is 88.1 Å². The summed E-state index contributed by atoms with van der Waals surface area (Å²) in [6, 6.07) is 3.16. The van der Waals surface area contributed by atoms with Gasteiger partial charge in [-0.2, -0.15) is 0 Å². The highest BCUT2D eigenvalue weighted by molar-refractivity contribution is 6.16. The third-order valence-electron chi connectivity index (χ3n) is 13.8. The second kappa shape index (κ2) is 19.5. The Labute approximate surface area is 394 Å². The second-order valence-electron chi connectivity index (χ2n) is 19.2. The standard InChI is InChI=1S/C51H64N4O13/c1-24(2)23-54-16-18-55(19-17-54)32-21-33(57)39-35(22-32)67-48-40(52-39)36-37-44(60)30(8)47-38(36)49(62)51(10,68-47)65-20-15-34(64-11)27(5)46(66-31(9)56)29(7)43(59)28(6)42(58)25(3)13-12-14-26(4)50(63)53-41(48)45(37)61/h12-15,20-22,24-25,27-29,34,42-43,46,58-60,62H,16-19,23H2,1-11H3,(H,53,63)/b13-12+,20-15+,26-14?/t25-,27+,28+,29+,34-,42-,43+,46+,51-/m0/s1. The van der Waals surface area contributed by atoms with Gasteiger partial charge in [0.15, 0.2) is 22.4 Å². The van der Waals surface area contributed by atoms with Gasteiger partial charge in [0.2, 0.25) is 10.9 Å². The minimum atomic E-state index is -1.98. The number of benzene rings is 3. The van der Waals surface area contributed by atoms with Crippen LogP contribution in [0.4, 0.5) is 11.4 Å². The van der Waals surface area contributed by atoms with Crippen molar-refractivity contribution in [2.24, 2.45) is 29.6 Å². The van der Waals surface area contributed by atoms with Crippen molar-refractivity contribution in [3.63, 3.8) is 0 Å². The van der Waals surface area contributed by atoms with Gasteiger partial charge in [-0.1, -0.05) is 59.8 Å². The number of phenolic OH excluding ortho intramolecular Hbond substituents is 1. The van der Waals surface area contributed by atoms with Gasteiger partial charge in [0.1, 0.15) is 28.8 Å². The average molecular weight is 941 g/mol. The number of aliphatic hydroxyl groups excluding tert-OH is 3. The van der Waals surface area contributed by atoms with Gasteiger partial charge in [-0.3, -0.25) is 24.1 Å². The molecule has 3 aromatic carbocycles. The summed E-state index contributed by atoms with van der Waals surface area (Å²) in [5, 5.41) is 49.3. The van der Waals surface area contributed by atoms with Crippen LogP contribution in [-0.2, 0) is 23.8 Å². The SMILES string of the molecule is CO[C@H]1/C=C/O[C@@]2(C)Oc3c(C)c(O)c4c(=O)c(c5oc6cc(N7CCN(CC(C)C)CC7)cc(=O)c6nc5c4c3=C2O)NC(=O)C(C)=C/C=C/[C@H](C)[C@H](O)[C@@H](C)[C@@H](O)[C@@H](C)[C@H](OC(C)=O)[C@@H]1C. The average Bonchev–Trinajstić information content (AvgIpc) is 3.56. The zero-order chi connectivity index (χ0) is 49.7. The van der Waals surface area contributed by atoms with E-state index in [1.165, 1.54) is 59.3 Å². The van der Waals surface area contributed by atoms with Crippen LogP contribution >= 0.6 is 0 Å². The monoisotopic (exact) mass is 940 g/mol. The lowest BCUT2D eigenvalue weighted by Gasteiger charge is -2.38. The van der Waals surface area contributed by atoms with Gasteiger partial charge in [0.05, 0.1) is 35.2 Å². The van der Waals surface area contributed by atoms with Crippen LogP contribution < -0.4 is 31.0 Å². The summed E-state index contributed by atoms with van der Waals surface area (Å²) >= 11 is 0. The molecule has 0 aliphatic carbocycles. The molecule has 1 saturated heterocycles. The number of piperazine rings is 1. The van der Waals surface area contributed by atoms with Crippen LogP contribution in [0.15, 0.2) is 62.3 Å². The lowest BCUT2D eigenvalue weighted by molar-refractivity contribution is -0.160. The molecule has 0 unspecified atom stereocenters. The van der Waals surface area contributed by atoms with Gasteiger partial charge < -0.3 is 54.0 Å². The summed E-state index contributed by atoms with van der Waals surface area (Å²) in [6.45, 7) is 20.8. The number of carbonyl (C=O) groups excluding carboxylic acids is 2. The van der Waals surface area contributed by atoms with E-state index in [1.807, 2.05) is 0 Å². The molecule has 1 amide bonds. The highest BCUT2D eigenvalue weighted by atomic mass is 16.7. The van der Waals surface area contributed by atoms with E-state index in [9.17, 15) is 39.6 Å². The molecule has 4 heterocycles. The minimum Gasteiger partial charge on any atom is -0.507 e. The van der Waals surface area contributed by atoms with Crippen LogP contribution in [0.3, 0.4) is 0 Å². The first kappa shape index (κ1) is 49.9. The number of methoxy groups -OCH3 is 1. The summed E-state index contributed by atoms with van der Waals surface area (Å²) in [5.74, 6) is -6.43. The summed E-state index contributed by atoms with van der Waals surface area (Å²) in [4.78, 5) is 64.7. The number of aliphatic hydroxyl groups is 3. The number of aromatic hydroxyl groups is 1. The maximum absolute atomic E-state index is 14.9. The molecule has 68 heavy (non-hydrogen) atoms. The molecule has 366 valence electrons. The predicted octanol–water partition coefficient (Wildman–Crippen LogP) is 5.34. The number of aromatic nitrogens is 1. The molecule has 1 aromatic heterocycles. The summed E-state index contributed by atoms with van der Waals surface area (Å²) in [5.41, 5.74) is -1.35. The smallest absolute Gasteiger partial charge is 0.307 e. The number of phenols is 1. The lowest BCUT2D eigenvalue weighted by Crippen LogP contribution is -2.47. The molecular weight excluding hydrogens is 877 g/mol. The summed E-state index contributed by atoms with van der Waals surface area (Å²) in [6.07, 6.45) is 3.57. The summed E-state index contributed by atoms with van der Waals surface area (Å²) in [7, 11) is 1.45. The number of amides is 1. The third-order valence-corrected chi connectivity index (χ3v) is 13.8. The number of carbonyl (C=O) groups is 2. The molecule has 17 nitrogen and oxygen atoms in total. The Morgan fingerprint density at radius 1 is 0.956 bits per heavy atom. The fourth-order valence-corrected chi connectivity index (χ4v) is 9.76. The summed E-state index contributed by atoms with van der Waals surface area (Å²) < 4.78 is 30.5. The van der Waals surface area contributed by atoms with Crippen molar-refractivity contribution in [3.05, 3.63) is 79.5 Å². The fraction of sp³-hybridized carbons (Fsp3) is 0.510. The molecule has 3 aliphatic rings. The number of fused-ring (bicyclic) bond motifs is 2. The molecule has 0 saturated carbocycles. The maximum atomic E-state index is 14.9. The van der Waals surface area contributed by atoms with Gasteiger partial charge in [-0.15, -0.1) is 0 Å². The van der Waals surface area contributed by atoms with Gasteiger partial charge in [-0.25, -0.2) is 4.98 Å². The molecule has 4 bridgehead atoms. The van der Waals surface area contributed by atoms with Crippen molar-refractivity contribution in [1.82, 2.24) is 9.88 Å². The Bertz CT molecular complexity index is 2900. The number of esters is 1. The molecular formula is C51H64N4O13. The molecule has 0 spiro atoms. The van der Waals surface area contributed by atoms with Crippen molar-refractivity contribution >= 4 is 62.0 Å². The van der Waals surface area contributed by atoms with Crippen LogP contribution in [0, 0.1) is 36.5 Å². The second-order valence-corrected chi connectivity index (χ2v) is 19.2. The number of allylic oxidation sites excluding steroid dienone is 2. The molecule has 9 atom stereocenters. The lowest BCUT2D eigenvalue weighted by atomic mass is 9.78. The number of ether oxygens (including phenoxy) is 4. The predicted molar refractivity (Wildman–Crippen MR) is 259 cm³/mol. The number of nitrogens with zero attached hydrogens (tertiary/aromatic N) is 3. The van der Waals surface area contributed by atoms with Crippen molar-refractivity contribution in [1.29, 1.82) is 0 Å². The van der Waals surface area contributed by atoms with Crippen molar-refractivity contribution in [2.75, 3.05) is 50.1 Å². The van der Waals surface area contributed by atoms with E-state index in [-0.39, 0.29) is 60.8 Å². The number of rotatable bonds is 5. The first-order chi connectivity index (χ1) is 32.1. The molecule has 5 N–H and O–H groups in total. The molecule has 7 rings (SSSR count). The van der Waals surface area contributed by atoms with E-state index in [1.54, 1.807) is 45.9 Å². The first-order valence-electron chi connectivity index (χ1n) is 23.2. The Morgan fingerprint density at radius 3 is 2.29 bits per heavy atom. The van der Waals surface area contributed by atoms with Crippen LogP contribution in [0.25, 0.3) is 38.7 Å². The quantitative estimate of drug-likeness (QED) is 0.0966. The fourth-order valence-electron chi connectivity index (χ4n) is 9.76. The molecule has 1 fully saturated rings. The van der Waals surface area contributed by atoms with Gasteiger partial charge in [0.25, 0.3) is 5.91 Å². The first-order valence-corrected chi connectivity index (χ1v) is 23.2. The van der Waals surface area contributed by atoms with Crippen molar-refractivity contribution in [3.8, 4) is 11.5 Å². The number of hydrogen-bond donors (Lipinski definition) is 5. The van der Waals surface area contributed by atoms with Crippen LogP contribution in [-0.4, -0.2) is 112 Å². The molecule has 4 aromatic rings. The number of nitrogens with one attached hydrogen (secondary N) is 1. The van der Waals surface area contributed by atoms with E-state index in [2.05, 4.69) is 29.0 Å². The van der Waals surface area contributed by atoms with Crippen LogP contribution in [0.1, 0.15) is 67.9 Å². The van der Waals surface area contributed by atoms with Crippen molar-refractivity contribution < 1.29 is 53.4 Å². The maximum Gasteiger partial charge on any atom is 0.307 e. The molecule has 0 radical (unpaired) electrons. The highest BCUT2D eigenvalue weighted by Gasteiger charge is 2.44. The van der Waals surface area contributed by atoms with E-state index in [0.29, 0.717) is 24.7 Å². The third kappa shape index (κ3) is 9.28. The topological polar surface area (TPSA) is 231 Å². The van der Waals surface area contributed by atoms with Gasteiger partial charge >= 0.3 is 11.8 Å². The zero-order valence-electron chi connectivity index (χ0n) is 40.6. The van der Waals surface area contributed by atoms with Crippen molar-refractivity contribution in [2.45, 2.75) is 99.4 Å². The minimum absolute atomic E-state index is 0.0390. The van der Waals surface area contributed by atoms with E-state index in [4.69, 9.17) is 28.3 Å². The van der Waals surface area contributed by atoms with Crippen LogP contribution in [0.2, 0.25) is 0 Å².